The van der Waals surface area contributed by atoms with Crippen molar-refractivity contribution in [2.24, 2.45) is 0 Å². The molecule has 0 atom stereocenters. The molecule has 0 aliphatic heterocycles. The highest BCUT2D eigenvalue weighted by atomic mass is 35.5. The van der Waals surface area contributed by atoms with Gasteiger partial charge in [-0.05, 0) is 36.4 Å². The molecular weight excluding hydrogens is 522 g/mol. The van der Waals surface area contributed by atoms with Crippen LogP contribution in [0.2, 0.25) is 5.02 Å². The molecule has 0 saturated carbocycles. The molecule has 0 aliphatic rings. The van der Waals surface area contributed by atoms with Crippen molar-refractivity contribution in [2.45, 2.75) is 18.2 Å². The number of amides is 2. The minimum atomic E-state index is -1.13. The third kappa shape index (κ3) is 7.02. The normalized spacial score (nSPS) is 10.5. The van der Waals surface area contributed by atoms with Crippen molar-refractivity contribution < 1.29 is 29.0 Å². The summed E-state index contributed by atoms with van der Waals surface area (Å²) in [5.74, 6) is -0.529. The van der Waals surface area contributed by atoms with Crippen molar-refractivity contribution in [2.75, 3.05) is 25.3 Å². The number of nitrogens with one attached hydrogen (secondary N) is 2. The molecule has 3 aromatic rings. The Morgan fingerprint density at radius 1 is 1.11 bits per heavy atom. The van der Waals surface area contributed by atoms with Gasteiger partial charge in [-0.2, -0.15) is 0 Å². The molecule has 3 N–H and O–H groups in total. The van der Waals surface area contributed by atoms with Crippen LogP contribution in [0.5, 0.6) is 11.5 Å². The van der Waals surface area contributed by atoms with Crippen LogP contribution in [0.1, 0.15) is 26.5 Å². The smallest absolute Gasteiger partial charge is 0.335 e. The number of methoxy groups -OCH3 is 2. The second-order valence-electron chi connectivity index (χ2n) is 7.39. The van der Waals surface area contributed by atoms with Gasteiger partial charge >= 0.3 is 5.97 Å². The van der Waals surface area contributed by atoms with Crippen LogP contribution in [-0.4, -0.2) is 57.6 Å². The Bertz CT molecular complexity index is 1330. The molecule has 13 heteroatoms. The Balaban J connectivity index is 1.64. The fourth-order valence-corrected chi connectivity index (χ4v) is 4.11. The molecule has 3 rings (SSSR count). The van der Waals surface area contributed by atoms with Gasteiger partial charge in [0.25, 0.3) is 5.91 Å². The molecular formula is C24H24ClN5O6S. The summed E-state index contributed by atoms with van der Waals surface area (Å²) in [7, 11) is 2.99. The summed E-state index contributed by atoms with van der Waals surface area (Å²) in [5.41, 5.74) is 0.570. The molecule has 0 aliphatic carbocycles. The number of hydrogen-bond donors (Lipinski definition) is 3. The molecule has 2 amide bonds. The maximum Gasteiger partial charge on any atom is 0.335 e. The van der Waals surface area contributed by atoms with E-state index in [1.165, 1.54) is 32.4 Å². The SMILES string of the molecule is C=CCn1c(CNC(=O)c2ccc(OC)c(OC)c2)nnc1SCC(=O)Nc1cc(C(=O)O)ccc1Cl. The molecule has 1 aromatic heterocycles. The van der Waals surface area contributed by atoms with E-state index in [1.807, 2.05) is 0 Å². The number of halogens is 1. The number of carboxylic acid groups (broad SMARTS) is 1. The van der Waals surface area contributed by atoms with Crippen LogP contribution in [0, 0.1) is 0 Å². The minimum Gasteiger partial charge on any atom is -0.493 e. The highest BCUT2D eigenvalue weighted by Gasteiger charge is 2.17. The van der Waals surface area contributed by atoms with E-state index < -0.39 is 11.9 Å². The maximum atomic E-state index is 12.7. The van der Waals surface area contributed by atoms with E-state index in [2.05, 4.69) is 27.4 Å². The van der Waals surface area contributed by atoms with E-state index in [9.17, 15) is 14.4 Å². The number of benzene rings is 2. The number of hydrogen-bond acceptors (Lipinski definition) is 8. The van der Waals surface area contributed by atoms with Crippen molar-refractivity contribution >= 4 is 46.8 Å². The van der Waals surface area contributed by atoms with Crippen LogP contribution in [0.4, 0.5) is 5.69 Å². The van der Waals surface area contributed by atoms with Gasteiger partial charge in [0, 0.05) is 12.1 Å². The topological polar surface area (TPSA) is 145 Å². The lowest BCUT2D eigenvalue weighted by atomic mass is 10.2. The van der Waals surface area contributed by atoms with Gasteiger partial charge in [-0.15, -0.1) is 16.8 Å². The van der Waals surface area contributed by atoms with E-state index in [0.29, 0.717) is 34.6 Å². The third-order valence-corrected chi connectivity index (χ3v) is 6.27. The van der Waals surface area contributed by atoms with Gasteiger partial charge in [0.1, 0.15) is 0 Å². The highest BCUT2D eigenvalue weighted by molar-refractivity contribution is 7.99. The van der Waals surface area contributed by atoms with E-state index in [1.54, 1.807) is 28.8 Å². The zero-order chi connectivity index (χ0) is 26.9. The lowest BCUT2D eigenvalue weighted by Crippen LogP contribution is -2.25. The van der Waals surface area contributed by atoms with E-state index in [4.69, 9.17) is 26.2 Å². The fourth-order valence-electron chi connectivity index (χ4n) is 3.18. The zero-order valence-corrected chi connectivity index (χ0v) is 21.6. The number of anilines is 1. The number of carbonyl (C=O) groups is 3. The van der Waals surface area contributed by atoms with Gasteiger partial charge in [0.05, 0.1) is 42.8 Å². The summed E-state index contributed by atoms with van der Waals surface area (Å²) >= 11 is 7.19. The molecule has 0 unspecified atom stereocenters. The quantitative estimate of drug-likeness (QED) is 0.230. The predicted molar refractivity (Wildman–Crippen MR) is 139 cm³/mol. The standard InChI is InChI=1S/C24H24ClN5O6S/c1-4-9-30-20(12-26-22(32)14-6-8-18(35-2)19(11-14)36-3)28-29-24(30)37-13-21(31)27-17-10-15(23(33)34)5-7-16(17)25/h4-8,10-11H,1,9,12-13H2,2-3H3,(H,26,32)(H,27,31)(H,33,34). The molecule has 0 spiro atoms. The second kappa shape index (κ2) is 12.8. The van der Waals surface area contributed by atoms with Gasteiger partial charge < -0.3 is 29.8 Å². The molecule has 11 nitrogen and oxygen atoms in total. The van der Waals surface area contributed by atoms with Gasteiger partial charge in [0.2, 0.25) is 5.91 Å². The van der Waals surface area contributed by atoms with E-state index >= 15 is 0 Å². The van der Waals surface area contributed by atoms with E-state index in [0.717, 1.165) is 11.8 Å². The molecule has 2 aromatic carbocycles. The molecule has 0 radical (unpaired) electrons. The summed E-state index contributed by atoms with van der Waals surface area (Å²) in [4.78, 5) is 36.3. The minimum absolute atomic E-state index is 0.00199. The highest BCUT2D eigenvalue weighted by Crippen LogP contribution is 2.28. The van der Waals surface area contributed by atoms with Gasteiger partial charge in [0.15, 0.2) is 22.5 Å². The van der Waals surface area contributed by atoms with Crippen LogP contribution in [-0.2, 0) is 17.9 Å². The first-order chi connectivity index (χ1) is 17.8. The summed E-state index contributed by atoms with van der Waals surface area (Å²) in [6, 6.07) is 8.85. The van der Waals surface area contributed by atoms with Crippen LogP contribution in [0.25, 0.3) is 0 Å². The van der Waals surface area contributed by atoms with Crippen LogP contribution < -0.4 is 20.1 Å². The molecule has 37 heavy (non-hydrogen) atoms. The average Bonchev–Trinajstić information content (AvgIpc) is 3.28. The van der Waals surface area contributed by atoms with Crippen LogP contribution in [0.15, 0.2) is 54.2 Å². The predicted octanol–water partition coefficient (Wildman–Crippen LogP) is 3.49. The second-order valence-corrected chi connectivity index (χ2v) is 8.74. The number of aromatic carboxylic acids is 1. The third-order valence-electron chi connectivity index (χ3n) is 4.98. The summed E-state index contributed by atoms with van der Waals surface area (Å²) in [5, 5.41) is 23.4. The number of carbonyl (C=O) groups excluding carboxylic acids is 2. The number of allylic oxidation sites excluding steroid dienone is 1. The summed E-state index contributed by atoms with van der Waals surface area (Å²) < 4.78 is 12.1. The number of thioether (sulfide) groups is 1. The monoisotopic (exact) mass is 545 g/mol. The Labute approximate surface area is 221 Å². The van der Waals surface area contributed by atoms with Gasteiger partial charge in [-0.1, -0.05) is 29.4 Å². The lowest BCUT2D eigenvalue weighted by molar-refractivity contribution is -0.113. The molecule has 1 heterocycles. The Hall–Kier alpha value is -4.03. The average molecular weight is 546 g/mol. The van der Waals surface area contributed by atoms with Crippen molar-refractivity contribution in [1.82, 2.24) is 20.1 Å². The number of ether oxygens (including phenoxy) is 2. The van der Waals surface area contributed by atoms with Crippen molar-refractivity contribution in [1.29, 1.82) is 0 Å². The Kier molecular flexibility index (Phi) is 9.52. The van der Waals surface area contributed by atoms with Crippen molar-refractivity contribution in [3.8, 4) is 11.5 Å². The van der Waals surface area contributed by atoms with Crippen LogP contribution >= 0.6 is 23.4 Å². The summed E-state index contributed by atoms with van der Waals surface area (Å²) in [6.45, 7) is 4.17. The first kappa shape index (κ1) is 27.6. The largest absolute Gasteiger partial charge is 0.493 e. The molecule has 0 fully saturated rings. The Morgan fingerprint density at radius 2 is 1.84 bits per heavy atom. The maximum absolute atomic E-state index is 12.7. The van der Waals surface area contributed by atoms with Crippen molar-refractivity contribution in [3.63, 3.8) is 0 Å². The number of carboxylic acids is 1. The molecule has 194 valence electrons. The fraction of sp³-hybridized carbons (Fsp3) is 0.208. The first-order valence-corrected chi connectivity index (χ1v) is 12.1. The van der Waals surface area contributed by atoms with Crippen LogP contribution in [0.3, 0.4) is 0 Å². The number of aromatic nitrogens is 3. The zero-order valence-electron chi connectivity index (χ0n) is 20.0. The van der Waals surface area contributed by atoms with E-state index in [-0.39, 0.29) is 34.5 Å². The molecule has 0 saturated heterocycles. The Morgan fingerprint density at radius 3 is 2.51 bits per heavy atom. The first-order valence-electron chi connectivity index (χ1n) is 10.8. The van der Waals surface area contributed by atoms with Gasteiger partial charge in [-0.3, -0.25) is 9.59 Å². The number of nitrogens with zero attached hydrogens (tertiary/aromatic N) is 3. The number of rotatable bonds is 12. The van der Waals surface area contributed by atoms with Crippen molar-refractivity contribution in [3.05, 3.63) is 71.0 Å². The van der Waals surface area contributed by atoms with Gasteiger partial charge in [-0.25, -0.2) is 4.79 Å². The molecule has 0 bridgehead atoms. The summed E-state index contributed by atoms with van der Waals surface area (Å²) in [6.07, 6.45) is 1.64. The lowest BCUT2D eigenvalue weighted by Gasteiger charge is -2.11.